The maximum absolute atomic E-state index is 11.9. The molecule has 0 heterocycles. The minimum Gasteiger partial charge on any atom is -0.384 e. The number of ether oxygens (including phenoxy) is 1. The van der Waals surface area contributed by atoms with Crippen molar-refractivity contribution in [3.63, 3.8) is 0 Å². The van der Waals surface area contributed by atoms with Crippen LogP contribution in [0.25, 0.3) is 0 Å². The molecule has 1 saturated carbocycles. The standard InChI is InChI=1S/C12H15NO2/c1-15-9-12(7-8-12)11(14)13-10-5-3-2-4-6-10/h2-6H,7-9H2,1H3,(H,13,14). The number of para-hydroxylation sites is 1. The molecule has 0 saturated heterocycles. The van der Waals surface area contributed by atoms with Crippen LogP contribution in [0.2, 0.25) is 0 Å². The molecule has 0 unspecified atom stereocenters. The van der Waals surface area contributed by atoms with Crippen LogP contribution in [0, 0.1) is 5.41 Å². The molecule has 1 aromatic carbocycles. The average Bonchev–Trinajstić information content (AvgIpc) is 3.01. The average molecular weight is 205 g/mol. The molecule has 80 valence electrons. The van der Waals surface area contributed by atoms with Gasteiger partial charge in [0.1, 0.15) is 0 Å². The quantitative estimate of drug-likeness (QED) is 0.817. The van der Waals surface area contributed by atoms with E-state index < -0.39 is 0 Å². The summed E-state index contributed by atoms with van der Waals surface area (Å²) in [4.78, 5) is 11.9. The van der Waals surface area contributed by atoms with Gasteiger partial charge in [-0.1, -0.05) is 18.2 Å². The summed E-state index contributed by atoms with van der Waals surface area (Å²) in [5.41, 5.74) is 0.592. The summed E-state index contributed by atoms with van der Waals surface area (Å²) in [6, 6.07) is 9.52. The van der Waals surface area contributed by atoms with Gasteiger partial charge in [-0.2, -0.15) is 0 Å². The van der Waals surface area contributed by atoms with E-state index in [-0.39, 0.29) is 11.3 Å². The summed E-state index contributed by atoms with van der Waals surface area (Å²) in [6.45, 7) is 0.520. The Morgan fingerprint density at radius 3 is 2.60 bits per heavy atom. The van der Waals surface area contributed by atoms with Crippen molar-refractivity contribution in [2.24, 2.45) is 5.41 Å². The van der Waals surface area contributed by atoms with Crippen LogP contribution >= 0.6 is 0 Å². The van der Waals surface area contributed by atoms with E-state index in [1.54, 1.807) is 7.11 Å². The van der Waals surface area contributed by atoms with Crippen molar-refractivity contribution in [3.05, 3.63) is 30.3 Å². The first-order chi connectivity index (χ1) is 7.27. The minimum absolute atomic E-state index is 0.0792. The molecule has 0 radical (unpaired) electrons. The van der Waals surface area contributed by atoms with Gasteiger partial charge >= 0.3 is 0 Å². The van der Waals surface area contributed by atoms with Crippen LogP contribution in [0.3, 0.4) is 0 Å². The van der Waals surface area contributed by atoms with Crippen LogP contribution in [0.15, 0.2) is 30.3 Å². The highest BCUT2D eigenvalue weighted by Gasteiger charge is 2.49. The van der Waals surface area contributed by atoms with Gasteiger partial charge < -0.3 is 10.1 Å². The molecule has 15 heavy (non-hydrogen) atoms. The lowest BCUT2D eigenvalue weighted by atomic mass is 10.1. The monoisotopic (exact) mass is 205 g/mol. The molecule has 3 nitrogen and oxygen atoms in total. The Kier molecular flexibility index (Phi) is 2.73. The van der Waals surface area contributed by atoms with Crippen LogP contribution in [-0.2, 0) is 9.53 Å². The number of benzene rings is 1. The highest BCUT2D eigenvalue weighted by Crippen LogP contribution is 2.46. The van der Waals surface area contributed by atoms with Crippen molar-refractivity contribution in [1.82, 2.24) is 0 Å². The number of amides is 1. The summed E-state index contributed by atoms with van der Waals surface area (Å²) >= 11 is 0. The Bertz CT molecular complexity index is 344. The molecule has 1 N–H and O–H groups in total. The Balaban J connectivity index is 1.99. The molecular formula is C12H15NO2. The molecule has 0 bridgehead atoms. The lowest BCUT2D eigenvalue weighted by Gasteiger charge is -2.13. The fraction of sp³-hybridized carbons (Fsp3) is 0.417. The zero-order valence-corrected chi connectivity index (χ0v) is 8.82. The number of carbonyl (C=O) groups excluding carboxylic acids is 1. The summed E-state index contributed by atoms with van der Waals surface area (Å²) in [6.07, 6.45) is 1.86. The van der Waals surface area contributed by atoms with Crippen molar-refractivity contribution in [2.45, 2.75) is 12.8 Å². The summed E-state index contributed by atoms with van der Waals surface area (Å²) in [5.74, 6) is 0.0792. The van der Waals surface area contributed by atoms with Gasteiger partial charge in [0.05, 0.1) is 12.0 Å². The molecule has 0 atom stereocenters. The lowest BCUT2D eigenvalue weighted by molar-refractivity contribution is -0.122. The van der Waals surface area contributed by atoms with E-state index in [0.717, 1.165) is 18.5 Å². The van der Waals surface area contributed by atoms with Crippen LogP contribution in [0.5, 0.6) is 0 Å². The third-order valence-corrected chi connectivity index (χ3v) is 2.79. The summed E-state index contributed by atoms with van der Waals surface area (Å²) < 4.78 is 5.07. The second kappa shape index (κ2) is 4.03. The maximum atomic E-state index is 11.9. The zero-order chi connectivity index (χ0) is 10.7. The first-order valence-electron chi connectivity index (χ1n) is 5.12. The lowest BCUT2D eigenvalue weighted by Crippen LogP contribution is -2.27. The van der Waals surface area contributed by atoms with Crippen LogP contribution in [-0.4, -0.2) is 19.6 Å². The number of hydrogen-bond acceptors (Lipinski definition) is 2. The van der Waals surface area contributed by atoms with Gasteiger partial charge in [-0.3, -0.25) is 4.79 Å². The number of nitrogens with one attached hydrogen (secondary N) is 1. The second-order valence-electron chi connectivity index (χ2n) is 4.03. The van der Waals surface area contributed by atoms with E-state index in [2.05, 4.69) is 5.32 Å². The SMILES string of the molecule is COCC1(C(=O)Nc2ccccc2)CC1. The largest absolute Gasteiger partial charge is 0.384 e. The van der Waals surface area contributed by atoms with Gasteiger partial charge in [-0.05, 0) is 25.0 Å². The molecule has 0 aliphatic heterocycles. The molecule has 1 fully saturated rings. The van der Waals surface area contributed by atoms with Crippen molar-refractivity contribution < 1.29 is 9.53 Å². The molecule has 1 aliphatic rings. The van der Waals surface area contributed by atoms with E-state index in [4.69, 9.17) is 4.74 Å². The van der Waals surface area contributed by atoms with Crippen LogP contribution < -0.4 is 5.32 Å². The van der Waals surface area contributed by atoms with Gasteiger partial charge in [0.15, 0.2) is 0 Å². The minimum atomic E-state index is -0.259. The molecule has 1 aromatic rings. The molecule has 1 aliphatic carbocycles. The predicted octanol–water partition coefficient (Wildman–Crippen LogP) is 2.05. The topological polar surface area (TPSA) is 38.3 Å². The van der Waals surface area contributed by atoms with Crippen molar-refractivity contribution in [1.29, 1.82) is 0 Å². The third kappa shape index (κ3) is 2.18. The van der Waals surface area contributed by atoms with Gasteiger partial charge in [0.25, 0.3) is 0 Å². The smallest absolute Gasteiger partial charge is 0.232 e. The fourth-order valence-electron chi connectivity index (χ4n) is 1.65. The van der Waals surface area contributed by atoms with E-state index in [1.807, 2.05) is 30.3 Å². The highest BCUT2D eigenvalue weighted by atomic mass is 16.5. The normalized spacial score (nSPS) is 17.1. The van der Waals surface area contributed by atoms with Crippen molar-refractivity contribution >= 4 is 11.6 Å². The number of anilines is 1. The van der Waals surface area contributed by atoms with E-state index >= 15 is 0 Å². The van der Waals surface area contributed by atoms with Crippen LogP contribution in [0.4, 0.5) is 5.69 Å². The first-order valence-corrected chi connectivity index (χ1v) is 5.12. The van der Waals surface area contributed by atoms with E-state index in [9.17, 15) is 4.79 Å². The van der Waals surface area contributed by atoms with Crippen molar-refractivity contribution in [3.8, 4) is 0 Å². The van der Waals surface area contributed by atoms with Gasteiger partial charge in [-0.15, -0.1) is 0 Å². The molecule has 0 aromatic heterocycles. The van der Waals surface area contributed by atoms with Crippen molar-refractivity contribution in [2.75, 3.05) is 19.0 Å². The molecule has 0 spiro atoms. The Morgan fingerprint density at radius 2 is 2.07 bits per heavy atom. The number of rotatable bonds is 4. The second-order valence-corrected chi connectivity index (χ2v) is 4.03. The molecule has 3 heteroatoms. The Morgan fingerprint density at radius 1 is 1.40 bits per heavy atom. The fourth-order valence-corrected chi connectivity index (χ4v) is 1.65. The van der Waals surface area contributed by atoms with E-state index in [0.29, 0.717) is 6.61 Å². The number of carbonyl (C=O) groups is 1. The van der Waals surface area contributed by atoms with E-state index in [1.165, 1.54) is 0 Å². The first kappa shape index (κ1) is 10.2. The Labute approximate surface area is 89.4 Å². The third-order valence-electron chi connectivity index (χ3n) is 2.79. The van der Waals surface area contributed by atoms with Gasteiger partial charge in [0, 0.05) is 12.8 Å². The highest BCUT2D eigenvalue weighted by molar-refractivity contribution is 5.97. The summed E-state index contributed by atoms with van der Waals surface area (Å²) in [7, 11) is 1.63. The zero-order valence-electron chi connectivity index (χ0n) is 8.82. The Hall–Kier alpha value is -1.35. The maximum Gasteiger partial charge on any atom is 0.232 e. The molecule has 2 rings (SSSR count). The van der Waals surface area contributed by atoms with Crippen LogP contribution in [0.1, 0.15) is 12.8 Å². The number of hydrogen-bond donors (Lipinski definition) is 1. The molecule has 1 amide bonds. The predicted molar refractivity (Wildman–Crippen MR) is 58.6 cm³/mol. The van der Waals surface area contributed by atoms with Gasteiger partial charge in [0.2, 0.25) is 5.91 Å². The van der Waals surface area contributed by atoms with Gasteiger partial charge in [-0.25, -0.2) is 0 Å². The summed E-state index contributed by atoms with van der Waals surface area (Å²) in [5, 5.41) is 2.91. The molecular weight excluding hydrogens is 190 g/mol. The number of methoxy groups -OCH3 is 1.